The van der Waals surface area contributed by atoms with Crippen LogP contribution in [-0.4, -0.2) is 17.9 Å². The van der Waals surface area contributed by atoms with E-state index in [4.69, 9.17) is 4.74 Å². The fraction of sp³-hybridized carbons (Fsp3) is 0.556. The van der Waals surface area contributed by atoms with Crippen molar-refractivity contribution in [1.29, 1.82) is 0 Å². The molecule has 0 radical (unpaired) electrons. The van der Waals surface area contributed by atoms with Gasteiger partial charge in [-0.2, -0.15) is 0 Å². The molecule has 0 aromatic heterocycles. The Balaban J connectivity index is 2.66. The molecule has 0 saturated heterocycles. The molecule has 0 amide bonds. The molecule has 1 aliphatic rings. The van der Waals surface area contributed by atoms with Gasteiger partial charge in [0.2, 0.25) is 0 Å². The van der Waals surface area contributed by atoms with Gasteiger partial charge in [-0.25, -0.2) is 0 Å². The molecule has 3 nitrogen and oxygen atoms in total. The molecule has 2 unspecified atom stereocenters. The zero-order valence-corrected chi connectivity index (χ0v) is 7.24. The Hall–Kier alpha value is -1.12. The van der Waals surface area contributed by atoms with Gasteiger partial charge in [0, 0.05) is 12.8 Å². The first-order valence-corrected chi connectivity index (χ1v) is 3.99. The van der Waals surface area contributed by atoms with E-state index in [0.29, 0.717) is 0 Å². The molecule has 0 N–H and O–H groups in total. The summed E-state index contributed by atoms with van der Waals surface area (Å²) < 4.78 is 4.88. The number of ketones is 1. The van der Waals surface area contributed by atoms with Crippen LogP contribution >= 0.6 is 0 Å². The number of ether oxygens (including phenoxy) is 1. The molecule has 0 aromatic carbocycles. The van der Waals surface area contributed by atoms with Crippen molar-refractivity contribution < 1.29 is 14.3 Å². The van der Waals surface area contributed by atoms with Gasteiger partial charge in [-0.1, -0.05) is 13.0 Å². The Labute approximate surface area is 71.4 Å². The van der Waals surface area contributed by atoms with E-state index in [-0.39, 0.29) is 11.7 Å². The van der Waals surface area contributed by atoms with Crippen LogP contribution in [0, 0.1) is 5.92 Å². The van der Waals surface area contributed by atoms with Crippen LogP contribution in [0.5, 0.6) is 0 Å². The van der Waals surface area contributed by atoms with Crippen LogP contribution in [0.4, 0.5) is 0 Å². The minimum atomic E-state index is -0.563. The van der Waals surface area contributed by atoms with Crippen molar-refractivity contribution in [3.05, 3.63) is 12.2 Å². The highest BCUT2D eigenvalue weighted by molar-refractivity contribution is 5.95. The van der Waals surface area contributed by atoms with Gasteiger partial charge >= 0.3 is 5.97 Å². The number of esters is 1. The van der Waals surface area contributed by atoms with Crippen molar-refractivity contribution in [2.75, 3.05) is 0 Å². The maximum atomic E-state index is 11.2. The third-order valence-corrected chi connectivity index (χ3v) is 1.88. The van der Waals surface area contributed by atoms with E-state index in [0.717, 1.165) is 6.42 Å². The lowest BCUT2D eigenvalue weighted by Gasteiger charge is -2.22. The normalized spacial score (nSPS) is 28.7. The standard InChI is InChI=1S/C9H12O3/c1-6-4-3-5-8(11)9(6)12-7(2)10/h3,5-6,9H,4H2,1-2H3. The van der Waals surface area contributed by atoms with Crippen LogP contribution in [0.3, 0.4) is 0 Å². The molecule has 0 spiro atoms. The molecule has 0 heterocycles. The quantitative estimate of drug-likeness (QED) is 0.550. The molecule has 0 aliphatic heterocycles. The van der Waals surface area contributed by atoms with Crippen molar-refractivity contribution in [3.8, 4) is 0 Å². The van der Waals surface area contributed by atoms with Gasteiger partial charge < -0.3 is 4.74 Å². The number of carbonyl (C=O) groups excluding carboxylic acids is 2. The summed E-state index contributed by atoms with van der Waals surface area (Å²) in [7, 11) is 0. The second kappa shape index (κ2) is 3.52. The molecular weight excluding hydrogens is 156 g/mol. The minimum absolute atomic E-state index is 0.103. The van der Waals surface area contributed by atoms with Crippen molar-refractivity contribution in [1.82, 2.24) is 0 Å². The van der Waals surface area contributed by atoms with Gasteiger partial charge in [0.1, 0.15) is 0 Å². The topological polar surface area (TPSA) is 43.4 Å². The van der Waals surface area contributed by atoms with Crippen molar-refractivity contribution in [2.24, 2.45) is 5.92 Å². The molecule has 0 saturated carbocycles. The lowest BCUT2D eigenvalue weighted by Crippen LogP contribution is -2.33. The predicted octanol–water partition coefficient (Wildman–Crippen LogP) is 1.08. The summed E-state index contributed by atoms with van der Waals surface area (Å²) in [5.41, 5.74) is 0. The molecule has 0 bridgehead atoms. The fourth-order valence-electron chi connectivity index (χ4n) is 1.25. The smallest absolute Gasteiger partial charge is 0.303 e. The van der Waals surface area contributed by atoms with Crippen LogP contribution in [0.2, 0.25) is 0 Å². The van der Waals surface area contributed by atoms with Crippen molar-refractivity contribution in [2.45, 2.75) is 26.4 Å². The van der Waals surface area contributed by atoms with Crippen LogP contribution in [0.1, 0.15) is 20.3 Å². The average Bonchev–Trinajstić information content (AvgIpc) is 1.97. The maximum absolute atomic E-state index is 11.2. The highest BCUT2D eigenvalue weighted by Gasteiger charge is 2.27. The van der Waals surface area contributed by atoms with Gasteiger partial charge in [0.15, 0.2) is 11.9 Å². The molecule has 12 heavy (non-hydrogen) atoms. The second-order valence-electron chi connectivity index (χ2n) is 3.05. The SMILES string of the molecule is CC(=O)OC1C(=O)C=CCC1C. The molecule has 0 aromatic rings. The summed E-state index contributed by atoms with van der Waals surface area (Å²) in [6, 6.07) is 0. The Bertz CT molecular complexity index is 230. The molecule has 2 atom stereocenters. The average molecular weight is 168 g/mol. The molecule has 3 heteroatoms. The van der Waals surface area contributed by atoms with Crippen LogP contribution < -0.4 is 0 Å². The van der Waals surface area contributed by atoms with Crippen LogP contribution in [-0.2, 0) is 14.3 Å². The van der Waals surface area contributed by atoms with Gasteiger partial charge in [-0.3, -0.25) is 9.59 Å². The largest absolute Gasteiger partial charge is 0.454 e. The van der Waals surface area contributed by atoms with E-state index >= 15 is 0 Å². The number of hydrogen-bond donors (Lipinski definition) is 0. The minimum Gasteiger partial charge on any atom is -0.454 e. The first-order chi connectivity index (χ1) is 5.61. The van der Waals surface area contributed by atoms with E-state index in [1.807, 2.05) is 13.0 Å². The monoisotopic (exact) mass is 168 g/mol. The summed E-state index contributed by atoms with van der Waals surface area (Å²) in [6.45, 7) is 3.22. The highest BCUT2D eigenvalue weighted by Crippen LogP contribution is 2.18. The Morgan fingerprint density at radius 1 is 1.67 bits per heavy atom. The Morgan fingerprint density at radius 2 is 2.33 bits per heavy atom. The summed E-state index contributed by atoms with van der Waals surface area (Å²) >= 11 is 0. The molecule has 66 valence electrons. The van der Waals surface area contributed by atoms with Gasteiger partial charge in [-0.05, 0) is 12.5 Å². The van der Waals surface area contributed by atoms with E-state index < -0.39 is 12.1 Å². The summed E-state index contributed by atoms with van der Waals surface area (Å²) in [5, 5.41) is 0. The zero-order chi connectivity index (χ0) is 9.14. The van der Waals surface area contributed by atoms with Gasteiger partial charge in [0.05, 0.1) is 0 Å². The molecule has 0 fully saturated rings. The number of allylic oxidation sites excluding steroid dienone is 1. The predicted molar refractivity (Wildman–Crippen MR) is 43.5 cm³/mol. The van der Waals surface area contributed by atoms with E-state index in [1.165, 1.54) is 13.0 Å². The summed E-state index contributed by atoms with van der Waals surface area (Å²) in [5.74, 6) is -0.397. The third-order valence-electron chi connectivity index (χ3n) is 1.88. The highest BCUT2D eigenvalue weighted by atomic mass is 16.5. The van der Waals surface area contributed by atoms with Crippen molar-refractivity contribution >= 4 is 11.8 Å². The Morgan fingerprint density at radius 3 is 2.83 bits per heavy atom. The van der Waals surface area contributed by atoms with E-state index in [1.54, 1.807) is 0 Å². The first kappa shape index (κ1) is 8.97. The zero-order valence-electron chi connectivity index (χ0n) is 7.24. The van der Waals surface area contributed by atoms with E-state index in [2.05, 4.69) is 0 Å². The molecule has 1 rings (SSSR count). The van der Waals surface area contributed by atoms with Gasteiger partial charge in [-0.15, -0.1) is 0 Å². The lowest BCUT2D eigenvalue weighted by molar-refractivity contribution is -0.154. The lowest BCUT2D eigenvalue weighted by atomic mass is 9.92. The van der Waals surface area contributed by atoms with Crippen molar-refractivity contribution in [3.63, 3.8) is 0 Å². The fourth-order valence-corrected chi connectivity index (χ4v) is 1.25. The maximum Gasteiger partial charge on any atom is 0.303 e. The van der Waals surface area contributed by atoms with Gasteiger partial charge in [0.25, 0.3) is 0 Å². The molecular formula is C9H12O3. The Kier molecular flexibility index (Phi) is 2.63. The second-order valence-corrected chi connectivity index (χ2v) is 3.05. The van der Waals surface area contributed by atoms with E-state index in [9.17, 15) is 9.59 Å². The van der Waals surface area contributed by atoms with Crippen LogP contribution in [0.15, 0.2) is 12.2 Å². The number of hydrogen-bond acceptors (Lipinski definition) is 3. The summed E-state index contributed by atoms with van der Waals surface area (Å²) in [4.78, 5) is 21.8. The third kappa shape index (κ3) is 1.94. The number of carbonyl (C=O) groups is 2. The number of rotatable bonds is 1. The molecule has 1 aliphatic carbocycles. The summed E-state index contributed by atoms with van der Waals surface area (Å²) in [6.07, 6.45) is 3.53. The first-order valence-electron chi connectivity index (χ1n) is 3.99. The van der Waals surface area contributed by atoms with Crippen LogP contribution in [0.25, 0.3) is 0 Å².